The zero-order valence-corrected chi connectivity index (χ0v) is 13.3. The summed E-state index contributed by atoms with van der Waals surface area (Å²) in [6, 6.07) is 15.0. The van der Waals surface area contributed by atoms with Crippen molar-refractivity contribution < 1.29 is 17.6 Å². The van der Waals surface area contributed by atoms with Crippen LogP contribution in [-0.2, 0) is 12.1 Å². The molecular formula is C19H13F4N3. The number of alkyl halides is 4. The van der Waals surface area contributed by atoms with E-state index >= 15 is 4.39 Å². The number of para-hydroxylation sites is 2. The summed E-state index contributed by atoms with van der Waals surface area (Å²) < 4.78 is 54.7. The van der Waals surface area contributed by atoms with Crippen molar-refractivity contribution in [3.05, 3.63) is 78.0 Å². The highest BCUT2D eigenvalue weighted by Crippen LogP contribution is 2.41. The highest BCUT2D eigenvalue weighted by atomic mass is 19.4. The maximum Gasteiger partial charge on any atom is 0.418 e. The van der Waals surface area contributed by atoms with E-state index in [2.05, 4.69) is 15.6 Å². The first kappa shape index (κ1) is 16.4. The van der Waals surface area contributed by atoms with Gasteiger partial charge in [0.05, 0.1) is 22.6 Å². The van der Waals surface area contributed by atoms with Crippen LogP contribution in [0.15, 0.2) is 66.9 Å². The van der Waals surface area contributed by atoms with Crippen LogP contribution in [0.1, 0.15) is 11.1 Å². The Hall–Kier alpha value is -3.09. The summed E-state index contributed by atoms with van der Waals surface area (Å²) in [6.07, 6.45) is -3.22. The van der Waals surface area contributed by atoms with E-state index in [0.717, 1.165) is 6.07 Å². The molecule has 0 saturated carbocycles. The Labute approximate surface area is 146 Å². The molecule has 4 rings (SSSR count). The summed E-state index contributed by atoms with van der Waals surface area (Å²) in [6.45, 7) is 0. The molecule has 2 N–H and O–H groups in total. The van der Waals surface area contributed by atoms with Gasteiger partial charge in [0.15, 0.2) is 0 Å². The van der Waals surface area contributed by atoms with Crippen molar-refractivity contribution in [3.8, 4) is 11.3 Å². The van der Waals surface area contributed by atoms with Gasteiger partial charge >= 0.3 is 6.18 Å². The van der Waals surface area contributed by atoms with Crippen LogP contribution in [-0.4, -0.2) is 4.98 Å². The highest BCUT2D eigenvalue weighted by molar-refractivity contribution is 5.76. The van der Waals surface area contributed by atoms with Gasteiger partial charge in [0, 0.05) is 17.3 Å². The lowest BCUT2D eigenvalue weighted by molar-refractivity contribution is -0.137. The van der Waals surface area contributed by atoms with Crippen LogP contribution in [0.2, 0.25) is 0 Å². The minimum Gasteiger partial charge on any atom is -0.331 e. The average Bonchev–Trinajstić information content (AvgIpc) is 2.98. The van der Waals surface area contributed by atoms with Crippen molar-refractivity contribution in [3.63, 3.8) is 0 Å². The summed E-state index contributed by atoms with van der Waals surface area (Å²) in [5.74, 6) is -2.03. The Kier molecular flexibility index (Phi) is 3.61. The number of benzene rings is 2. The number of nitrogens with zero attached hydrogens (tertiary/aromatic N) is 1. The van der Waals surface area contributed by atoms with Crippen LogP contribution < -0.4 is 10.6 Å². The summed E-state index contributed by atoms with van der Waals surface area (Å²) in [5, 5.41) is 5.50. The second kappa shape index (κ2) is 5.72. The third-order valence-corrected chi connectivity index (χ3v) is 4.21. The van der Waals surface area contributed by atoms with Crippen molar-refractivity contribution in [1.29, 1.82) is 0 Å². The molecule has 26 heavy (non-hydrogen) atoms. The summed E-state index contributed by atoms with van der Waals surface area (Å²) in [7, 11) is 0. The minimum atomic E-state index is -4.51. The van der Waals surface area contributed by atoms with Crippen LogP contribution in [0.25, 0.3) is 11.3 Å². The van der Waals surface area contributed by atoms with Crippen LogP contribution in [0.4, 0.5) is 28.9 Å². The largest absolute Gasteiger partial charge is 0.418 e. The summed E-state index contributed by atoms with van der Waals surface area (Å²) in [5.41, 5.74) is 0.733. The number of hydrogen-bond donors (Lipinski definition) is 2. The van der Waals surface area contributed by atoms with Gasteiger partial charge in [-0.2, -0.15) is 17.6 Å². The number of hydrogen-bond acceptors (Lipinski definition) is 3. The first-order valence-corrected chi connectivity index (χ1v) is 7.84. The Balaban J connectivity index is 1.67. The fourth-order valence-electron chi connectivity index (χ4n) is 2.97. The number of aromatic nitrogens is 1. The third kappa shape index (κ3) is 2.75. The summed E-state index contributed by atoms with van der Waals surface area (Å²) in [4.78, 5) is 3.85. The molecule has 0 unspecified atom stereocenters. The monoisotopic (exact) mass is 359 g/mol. The van der Waals surface area contributed by atoms with Crippen LogP contribution >= 0.6 is 0 Å². The van der Waals surface area contributed by atoms with Gasteiger partial charge in [-0.1, -0.05) is 36.4 Å². The van der Waals surface area contributed by atoms with Crippen molar-refractivity contribution in [1.82, 2.24) is 4.98 Å². The Morgan fingerprint density at radius 1 is 0.808 bits per heavy atom. The van der Waals surface area contributed by atoms with Crippen LogP contribution in [0.3, 0.4) is 0 Å². The first-order valence-electron chi connectivity index (χ1n) is 7.84. The summed E-state index contributed by atoms with van der Waals surface area (Å²) >= 11 is 0. The number of anilines is 2. The zero-order chi connectivity index (χ0) is 18.4. The van der Waals surface area contributed by atoms with Gasteiger partial charge < -0.3 is 10.6 Å². The molecular weight excluding hydrogens is 346 g/mol. The van der Waals surface area contributed by atoms with E-state index in [9.17, 15) is 13.2 Å². The molecule has 0 aliphatic carbocycles. The van der Waals surface area contributed by atoms with E-state index < -0.39 is 17.7 Å². The van der Waals surface area contributed by atoms with Gasteiger partial charge in [0.1, 0.15) is 0 Å². The Bertz CT molecular complexity index is 926. The van der Waals surface area contributed by atoms with Gasteiger partial charge in [-0.25, -0.2) is 0 Å². The minimum absolute atomic E-state index is 0.185. The molecule has 3 nitrogen and oxygen atoms in total. The smallest absolute Gasteiger partial charge is 0.331 e. The van der Waals surface area contributed by atoms with Crippen molar-refractivity contribution >= 4 is 11.4 Å². The van der Waals surface area contributed by atoms with Gasteiger partial charge in [0.2, 0.25) is 0 Å². The van der Waals surface area contributed by atoms with E-state index in [1.54, 1.807) is 24.3 Å². The van der Waals surface area contributed by atoms with E-state index in [4.69, 9.17) is 0 Å². The average molecular weight is 359 g/mol. The van der Waals surface area contributed by atoms with Crippen molar-refractivity contribution in [2.75, 3.05) is 10.6 Å². The van der Waals surface area contributed by atoms with E-state index in [1.165, 1.54) is 36.5 Å². The highest BCUT2D eigenvalue weighted by Gasteiger charge is 2.38. The molecule has 0 radical (unpaired) electrons. The van der Waals surface area contributed by atoms with Crippen LogP contribution in [0.5, 0.6) is 0 Å². The number of halogens is 4. The second-order valence-electron chi connectivity index (χ2n) is 5.93. The van der Waals surface area contributed by atoms with Crippen molar-refractivity contribution in [2.45, 2.75) is 12.1 Å². The molecule has 2 heterocycles. The molecule has 3 aromatic rings. The molecule has 0 bridgehead atoms. The predicted octanol–water partition coefficient (Wildman–Crippen LogP) is 5.38. The molecule has 1 aliphatic rings. The lowest BCUT2D eigenvalue weighted by Crippen LogP contribution is -2.33. The Morgan fingerprint density at radius 3 is 2.00 bits per heavy atom. The SMILES string of the molecule is FC(F)(F)c1cccnc1-c1ccc(C2(F)Nc3ccccc3N2)cc1. The lowest BCUT2D eigenvalue weighted by atomic mass is 10.0. The molecule has 0 saturated heterocycles. The van der Waals surface area contributed by atoms with Gasteiger partial charge in [0.25, 0.3) is 5.92 Å². The molecule has 0 atom stereocenters. The molecule has 132 valence electrons. The molecule has 1 aliphatic heterocycles. The fraction of sp³-hybridized carbons (Fsp3) is 0.105. The van der Waals surface area contributed by atoms with Gasteiger partial charge in [-0.3, -0.25) is 4.98 Å². The van der Waals surface area contributed by atoms with E-state index in [-0.39, 0.29) is 16.8 Å². The van der Waals surface area contributed by atoms with E-state index in [0.29, 0.717) is 11.4 Å². The second-order valence-corrected chi connectivity index (χ2v) is 5.93. The molecule has 0 amide bonds. The van der Waals surface area contributed by atoms with Crippen LogP contribution in [0, 0.1) is 0 Å². The number of nitrogens with one attached hydrogen (secondary N) is 2. The number of rotatable bonds is 2. The van der Waals surface area contributed by atoms with E-state index in [1.807, 2.05) is 0 Å². The quantitative estimate of drug-likeness (QED) is 0.476. The fourth-order valence-corrected chi connectivity index (χ4v) is 2.97. The number of fused-ring (bicyclic) bond motifs is 1. The Morgan fingerprint density at radius 2 is 1.42 bits per heavy atom. The third-order valence-electron chi connectivity index (χ3n) is 4.21. The first-order chi connectivity index (χ1) is 12.4. The zero-order valence-electron chi connectivity index (χ0n) is 13.3. The maximum atomic E-state index is 15.2. The standard InChI is InChI=1S/C19H13F4N3/c20-18(21,22)14-4-3-11-24-17(14)12-7-9-13(10-8-12)19(23)25-15-5-1-2-6-16(15)26-19/h1-11,25-26H. The normalized spacial score (nSPS) is 15.1. The lowest BCUT2D eigenvalue weighted by Gasteiger charge is -2.22. The molecule has 7 heteroatoms. The van der Waals surface area contributed by atoms with Crippen molar-refractivity contribution in [2.24, 2.45) is 0 Å². The molecule has 0 fully saturated rings. The number of pyridine rings is 1. The molecule has 1 aromatic heterocycles. The maximum absolute atomic E-state index is 15.2. The molecule has 0 spiro atoms. The molecule has 2 aromatic carbocycles. The predicted molar refractivity (Wildman–Crippen MR) is 91.1 cm³/mol. The van der Waals surface area contributed by atoms with Gasteiger partial charge in [-0.15, -0.1) is 0 Å². The topological polar surface area (TPSA) is 37.0 Å². The van der Waals surface area contributed by atoms with Gasteiger partial charge in [-0.05, 0) is 24.3 Å².